The van der Waals surface area contributed by atoms with Gasteiger partial charge >= 0.3 is 0 Å². The van der Waals surface area contributed by atoms with Gasteiger partial charge in [0.15, 0.2) is 0 Å². The van der Waals surface area contributed by atoms with Gasteiger partial charge < -0.3 is 5.73 Å². The average molecular weight is 261 g/mol. The van der Waals surface area contributed by atoms with Crippen LogP contribution in [0, 0.1) is 11.8 Å². The maximum Gasteiger partial charge on any atom is 0.147 e. The van der Waals surface area contributed by atoms with Crippen molar-refractivity contribution in [2.24, 2.45) is 17.6 Å². The lowest BCUT2D eigenvalue weighted by Crippen LogP contribution is -2.34. The second kappa shape index (κ2) is 6.74. The number of hydrogen-bond donors (Lipinski definition) is 1. The molecule has 3 nitrogen and oxygen atoms in total. The molecule has 0 saturated heterocycles. The van der Waals surface area contributed by atoms with E-state index in [9.17, 15) is 8.42 Å². The third-order valence-electron chi connectivity index (χ3n) is 4.06. The first kappa shape index (κ1) is 15.0. The molecule has 1 saturated carbocycles. The molecule has 0 aliphatic heterocycles. The summed E-state index contributed by atoms with van der Waals surface area (Å²) in [5.41, 5.74) is 6.20. The highest BCUT2D eigenvalue weighted by Gasteiger charge is 2.25. The van der Waals surface area contributed by atoms with Crippen LogP contribution in [0.4, 0.5) is 0 Å². The van der Waals surface area contributed by atoms with Crippen molar-refractivity contribution in [1.82, 2.24) is 0 Å². The quantitative estimate of drug-likeness (QED) is 0.798. The van der Waals surface area contributed by atoms with Gasteiger partial charge in [0.2, 0.25) is 0 Å². The summed E-state index contributed by atoms with van der Waals surface area (Å²) in [7, 11) is -2.82. The fraction of sp³-hybridized carbons (Fsp3) is 1.00. The van der Waals surface area contributed by atoms with Crippen LogP contribution in [-0.4, -0.2) is 26.5 Å². The highest BCUT2D eigenvalue weighted by Crippen LogP contribution is 2.33. The van der Waals surface area contributed by atoms with Crippen LogP contribution >= 0.6 is 0 Å². The molecule has 3 unspecified atom stereocenters. The van der Waals surface area contributed by atoms with Crippen molar-refractivity contribution < 1.29 is 8.42 Å². The van der Waals surface area contributed by atoms with Gasteiger partial charge in [-0.3, -0.25) is 0 Å². The van der Waals surface area contributed by atoms with Crippen molar-refractivity contribution in [2.75, 3.05) is 12.0 Å². The summed E-state index contributed by atoms with van der Waals surface area (Å²) in [5.74, 6) is 1.74. The van der Waals surface area contributed by atoms with Crippen molar-refractivity contribution in [2.45, 2.75) is 57.9 Å². The molecule has 1 aliphatic carbocycles. The van der Waals surface area contributed by atoms with E-state index in [1.54, 1.807) is 0 Å². The summed E-state index contributed by atoms with van der Waals surface area (Å²) >= 11 is 0. The van der Waals surface area contributed by atoms with E-state index >= 15 is 0 Å². The summed E-state index contributed by atoms with van der Waals surface area (Å²) < 4.78 is 22.1. The molecule has 1 aliphatic rings. The highest BCUT2D eigenvalue weighted by atomic mass is 32.2. The molecule has 0 heterocycles. The van der Waals surface area contributed by atoms with E-state index in [0.717, 1.165) is 12.3 Å². The van der Waals surface area contributed by atoms with E-state index in [1.165, 1.54) is 38.4 Å². The fourth-order valence-electron chi connectivity index (χ4n) is 2.91. The second-order valence-electron chi connectivity index (χ2n) is 5.64. The first-order valence-electron chi connectivity index (χ1n) is 6.85. The van der Waals surface area contributed by atoms with Gasteiger partial charge in [-0.2, -0.15) is 0 Å². The molecule has 2 N–H and O–H groups in total. The predicted octanol–water partition coefficient (Wildman–Crippen LogP) is 2.35. The second-order valence-corrected chi connectivity index (χ2v) is 7.90. The minimum Gasteiger partial charge on any atom is -0.327 e. The van der Waals surface area contributed by atoms with Gasteiger partial charge in [0.05, 0.1) is 0 Å². The van der Waals surface area contributed by atoms with Gasteiger partial charge in [0.25, 0.3) is 0 Å². The number of hydrogen-bond acceptors (Lipinski definition) is 3. The van der Waals surface area contributed by atoms with Crippen LogP contribution in [0.25, 0.3) is 0 Å². The molecule has 4 heteroatoms. The van der Waals surface area contributed by atoms with Crippen LogP contribution in [-0.2, 0) is 9.84 Å². The van der Waals surface area contributed by atoms with Crippen LogP contribution in [0.3, 0.4) is 0 Å². The Kier molecular flexibility index (Phi) is 5.93. The first-order valence-corrected chi connectivity index (χ1v) is 8.91. The number of rotatable bonds is 6. The minimum atomic E-state index is -2.82. The zero-order chi connectivity index (χ0) is 12.9. The van der Waals surface area contributed by atoms with Gasteiger partial charge in [-0.15, -0.1) is 0 Å². The Morgan fingerprint density at radius 2 is 2.06 bits per heavy atom. The third-order valence-corrected chi connectivity index (χ3v) is 5.09. The molecular weight excluding hydrogens is 234 g/mol. The molecule has 0 bridgehead atoms. The summed E-state index contributed by atoms with van der Waals surface area (Å²) in [6.45, 7) is 2.25. The lowest BCUT2D eigenvalue weighted by molar-refractivity contribution is 0.223. The first-order chi connectivity index (χ1) is 7.92. The van der Waals surface area contributed by atoms with Crippen LogP contribution < -0.4 is 5.73 Å². The smallest absolute Gasteiger partial charge is 0.147 e. The highest BCUT2D eigenvalue weighted by molar-refractivity contribution is 7.90. The Bertz CT molecular complexity index is 313. The lowest BCUT2D eigenvalue weighted by atomic mass is 9.76. The van der Waals surface area contributed by atoms with E-state index < -0.39 is 9.84 Å². The molecule has 1 fully saturated rings. The number of nitrogens with two attached hydrogens (primary N) is 1. The molecule has 102 valence electrons. The summed E-state index contributed by atoms with van der Waals surface area (Å²) in [5, 5.41) is 0. The molecule has 0 aromatic carbocycles. The van der Waals surface area contributed by atoms with E-state index in [1.807, 2.05) is 0 Å². The van der Waals surface area contributed by atoms with E-state index in [4.69, 9.17) is 5.73 Å². The van der Waals surface area contributed by atoms with Gasteiger partial charge in [0, 0.05) is 18.1 Å². The van der Waals surface area contributed by atoms with Crippen LogP contribution in [0.15, 0.2) is 0 Å². The Morgan fingerprint density at radius 3 is 2.65 bits per heavy atom. The average Bonchev–Trinajstić information content (AvgIpc) is 2.27. The van der Waals surface area contributed by atoms with Gasteiger partial charge in [0.1, 0.15) is 9.84 Å². The Morgan fingerprint density at radius 1 is 1.35 bits per heavy atom. The van der Waals surface area contributed by atoms with Crippen molar-refractivity contribution in [1.29, 1.82) is 0 Å². The van der Waals surface area contributed by atoms with Crippen LogP contribution in [0.2, 0.25) is 0 Å². The zero-order valence-electron chi connectivity index (χ0n) is 11.2. The lowest BCUT2D eigenvalue weighted by Gasteiger charge is -2.32. The topological polar surface area (TPSA) is 60.2 Å². The maximum absolute atomic E-state index is 11.0. The van der Waals surface area contributed by atoms with Crippen molar-refractivity contribution >= 4 is 9.84 Å². The van der Waals surface area contributed by atoms with Gasteiger partial charge in [-0.25, -0.2) is 8.42 Å². The van der Waals surface area contributed by atoms with Crippen molar-refractivity contribution in [3.63, 3.8) is 0 Å². The normalized spacial score (nSPS) is 27.9. The molecule has 0 radical (unpaired) electrons. The molecular formula is C13H27NO2S. The zero-order valence-corrected chi connectivity index (χ0v) is 12.0. The summed E-state index contributed by atoms with van der Waals surface area (Å²) in [4.78, 5) is 0. The molecule has 1 rings (SSSR count). The van der Waals surface area contributed by atoms with Crippen LogP contribution in [0.5, 0.6) is 0 Å². The minimum absolute atomic E-state index is 0.200. The standard InChI is InChI=1S/C13H27NO2S/c1-3-11-6-4-7-12(10-11)13(14)8-5-9-17(2,15)16/h11-13H,3-10,14H2,1-2H3. The largest absolute Gasteiger partial charge is 0.327 e. The molecule has 0 aromatic rings. The Balaban J connectivity index is 2.29. The molecule has 17 heavy (non-hydrogen) atoms. The van der Waals surface area contributed by atoms with E-state index in [0.29, 0.717) is 12.3 Å². The number of sulfone groups is 1. The Hall–Kier alpha value is -0.0900. The molecule has 0 aromatic heterocycles. The molecule has 3 atom stereocenters. The van der Waals surface area contributed by atoms with Crippen LogP contribution in [0.1, 0.15) is 51.9 Å². The summed E-state index contributed by atoms with van der Waals surface area (Å²) in [6.07, 6.45) is 9.25. The van der Waals surface area contributed by atoms with Crippen molar-refractivity contribution in [3.8, 4) is 0 Å². The van der Waals surface area contributed by atoms with E-state index in [2.05, 4.69) is 6.92 Å². The fourth-order valence-corrected chi connectivity index (χ4v) is 3.60. The summed E-state index contributed by atoms with van der Waals surface area (Å²) in [6, 6.07) is 0.200. The monoisotopic (exact) mass is 261 g/mol. The third kappa shape index (κ3) is 5.87. The van der Waals surface area contributed by atoms with Crippen molar-refractivity contribution in [3.05, 3.63) is 0 Å². The molecule has 0 amide bonds. The maximum atomic E-state index is 11.0. The SMILES string of the molecule is CCC1CCCC(C(N)CCCS(C)(=O)=O)C1. The molecule has 0 spiro atoms. The van der Waals surface area contributed by atoms with Gasteiger partial charge in [-0.1, -0.05) is 26.2 Å². The van der Waals surface area contributed by atoms with Gasteiger partial charge in [-0.05, 0) is 37.5 Å². The van der Waals surface area contributed by atoms with E-state index in [-0.39, 0.29) is 11.8 Å². The predicted molar refractivity (Wildman–Crippen MR) is 72.7 cm³/mol. The Labute approximate surface area is 106 Å².